The zero-order valence-electron chi connectivity index (χ0n) is 8.26. The molecule has 5 heteroatoms. The van der Waals surface area contributed by atoms with Gasteiger partial charge in [-0.2, -0.15) is 0 Å². The Morgan fingerprint density at radius 1 is 1.67 bits per heavy atom. The van der Waals surface area contributed by atoms with Crippen LogP contribution in [0.1, 0.15) is 12.5 Å². The van der Waals surface area contributed by atoms with Gasteiger partial charge in [0.15, 0.2) is 0 Å². The fraction of sp³-hybridized carbons (Fsp3) is 0.300. The van der Waals surface area contributed by atoms with Crippen molar-refractivity contribution in [2.75, 3.05) is 0 Å². The first-order chi connectivity index (χ1) is 7.02. The molecule has 1 rings (SSSR count). The third-order valence-electron chi connectivity index (χ3n) is 1.91. The Balaban J connectivity index is 2.69. The van der Waals surface area contributed by atoms with E-state index in [-0.39, 0.29) is 18.0 Å². The molecule has 0 aliphatic heterocycles. The second-order valence-corrected chi connectivity index (χ2v) is 3.61. The molecule has 3 N–H and O–H groups in total. The van der Waals surface area contributed by atoms with Crippen molar-refractivity contribution in [3.05, 3.63) is 34.6 Å². The van der Waals surface area contributed by atoms with Gasteiger partial charge in [0.05, 0.1) is 6.04 Å². The maximum Gasteiger partial charge on any atom is 0.236 e. The predicted octanol–water partition coefficient (Wildman–Crippen LogP) is 1.44. The van der Waals surface area contributed by atoms with Gasteiger partial charge in [-0.15, -0.1) is 0 Å². The number of benzene rings is 1. The molecule has 3 nitrogen and oxygen atoms in total. The van der Waals surface area contributed by atoms with Crippen LogP contribution in [0.2, 0.25) is 5.02 Å². The highest BCUT2D eigenvalue weighted by Crippen LogP contribution is 2.18. The molecule has 0 aliphatic carbocycles. The lowest BCUT2D eigenvalue weighted by atomic mass is 10.2. The van der Waals surface area contributed by atoms with Crippen LogP contribution in [0.25, 0.3) is 0 Å². The molecule has 15 heavy (non-hydrogen) atoms. The molecule has 0 aliphatic rings. The summed E-state index contributed by atoms with van der Waals surface area (Å²) < 4.78 is 13.2. The number of carbonyl (C=O) groups is 1. The first kappa shape index (κ1) is 11.9. The van der Waals surface area contributed by atoms with E-state index in [9.17, 15) is 9.18 Å². The molecule has 1 aromatic rings. The van der Waals surface area contributed by atoms with E-state index in [0.717, 1.165) is 0 Å². The summed E-state index contributed by atoms with van der Waals surface area (Å²) >= 11 is 5.77. The van der Waals surface area contributed by atoms with E-state index in [1.54, 1.807) is 13.0 Å². The van der Waals surface area contributed by atoms with Gasteiger partial charge in [0.1, 0.15) is 5.82 Å². The fourth-order valence-corrected chi connectivity index (χ4v) is 1.27. The lowest BCUT2D eigenvalue weighted by Crippen LogP contribution is -2.38. The SMILES string of the molecule is CC(N)C(=O)NCc1c(F)cccc1Cl. The number of rotatable bonds is 3. The fourth-order valence-electron chi connectivity index (χ4n) is 1.04. The molecule has 0 saturated carbocycles. The van der Waals surface area contributed by atoms with Crippen molar-refractivity contribution in [1.82, 2.24) is 5.32 Å². The van der Waals surface area contributed by atoms with Crippen LogP contribution < -0.4 is 11.1 Å². The van der Waals surface area contributed by atoms with Crippen LogP contribution in [0.3, 0.4) is 0 Å². The molecule has 0 bridgehead atoms. The average Bonchev–Trinajstić information content (AvgIpc) is 2.16. The average molecular weight is 231 g/mol. The smallest absolute Gasteiger partial charge is 0.236 e. The van der Waals surface area contributed by atoms with Gasteiger partial charge >= 0.3 is 0 Å². The monoisotopic (exact) mass is 230 g/mol. The van der Waals surface area contributed by atoms with Gasteiger partial charge in [0.25, 0.3) is 0 Å². The van der Waals surface area contributed by atoms with Gasteiger partial charge in [-0.25, -0.2) is 4.39 Å². The third-order valence-corrected chi connectivity index (χ3v) is 2.27. The highest BCUT2D eigenvalue weighted by Gasteiger charge is 2.10. The summed E-state index contributed by atoms with van der Waals surface area (Å²) in [5, 5.41) is 2.78. The predicted molar refractivity (Wildman–Crippen MR) is 56.9 cm³/mol. The minimum absolute atomic E-state index is 0.0475. The standard InChI is InChI=1S/C10H12ClFN2O/c1-6(13)10(15)14-5-7-8(11)3-2-4-9(7)12/h2-4,6H,5,13H2,1H3,(H,14,15). The Bertz CT molecular complexity index is 348. The Morgan fingerprint density at radius 3 is 2.87 bits per heavy atom. The maximum absolute atomic E-state index is 13.2. The van der Waals surface area contributed by atoms with Gasteiger partial charge < -0.3 is 11.1 Å². The van der Waals surface area contributed by atoms with Crippen molar-refractivity contribution in [3.8, 4) is 0 Å². The molecular weight excluding hydrogens is 219 g/mol. The number of nitrogens with two attached hydrogens (primary N) is 1. The molecular formula is C10H12ClFN2O. The molecule has 0 heterocycles. The maximum atomic E-state index is 13.2. The lowest BCUT2D eigenvalue weighted by Gasteiger charge is -2.09. The number of nitrogens with one attached hydrogen (secondary N) is 1. The van der Waals surface area contributed by atoms with E-state index in [4.69, 9.17) is 17.3 Å². The van der Waals surface area contributed by atoms with Crippen LogP contribution in [-0.2, 0) is 11.3 Å². The van der Waals surface area contributed by atoms with E-state index in [1.807, 2.05) is 0 Å². The molecule has 0 saturated heterocycles. The second-order valence-electron chi connectivity index (χ2n) is 3.21. The Morgan fingerprint density at radius 2 is 2.33 bits per heavy atom. The van der Waals surface area contributed by atoms with Gasteiger partial charge in [-0.3, -0.25) is 4.79 Å². The van der Waals surface area contributed by atoms with E-state index in [2.05, 4.69) is 5.32 Å². The zero-order valence-corrected chi connectivity index (χ0v) is 9.01. The highest BCUT2D eigenvalue weighted by molar-refractivity contribution is 6.31. The van der Waals surface area contributed by atoms with Crippen molar-refractivity contribution >= 4 is 17.5 Å². The highest BCUT2D eigenvalue weighted by atomic mass is 35.5. The van der Waals surface area contributed by atoms with Crippen LogP contribution in [-0.4, -0.2) is 11.9 Å². The normalized spacial score (nSPS) is 12.3. The summed E-state index contributed by atoms with van der Waals surface area (Å²) in [5.41, 5.74) is 5.61. The van der Waals surface area contributed by atoms with Crippen LogP contribution >= 0.6 is 11.6 Å². The van der Waals surface area contributed by atoms with Gasteiger partial charge in [-0.1, -0.05) is 17.7 Å². The topological polar surface area (TPSA) is 55.1 Å². The largest absolute Gasteiger partial charge is 0.351 e. The summed E-state index contributed by atoms with van der Waals surface area (Å²) in [6.07, 6.45) is 0. The van der Waals surface area contributed by atoms with E-state index in [0.29, 0.717) is 5.02 Å². The molecule has 0 aromatic heterocycles. The number of halogens is 2. The Kier molecular flexibility index (Phi) is 4.05. The minimum atomic E-state index is -0.615. The van der Waals surface area contributed by atoms with Crippen molar-refractivity contribution in [2.24, 2.45) is 5.73 Å². The molecule has 82 valence electrons. The van der Waals surface area contributed by atoms with Crippen molar-refractivity contribution in [2.45, 2.75) is 19.5 Å². The van der Waals surface area contributed by atoms with Crippen molar-refractivity contribution in [1.29, 1.82) is 0 Å². The first-order valence-electron chi connectivity index (χ1n) is 4.48. The van der Waals surface area contributed by atoms with Crippen LogP contribution in [0, 0.1) is 5.82 Å². The summed E-state index contributed by atoms with van der Waals surface area (Å²) in [4.78, 5) is 11.1. The first-order valence-corrected chi connectivity index (χ1v) is 4.86. The van der Waals surface area contributed by atoms with Gasteiger partial charge in [-0.05, 0) is 19.1 Å². The number of hydrogen-bond donors (Lipinski definition) is 2. The summed E-state index contributed by atoms with van der Waals surface area (Å²) in [5.74, 6) is -0.776. The summed E-state index contributed by atoms with van der Waals surface area (Å²) in [6, 6.07) is 3.75. The van der Waals surface area contributed by atoms with Crippen LogP contribution in [0.5, 0.6) is 0 Å². The number of carbonyl (C=O) groups excluding carboxylic acids is 1. The Hall–Kier alpha value is -1.13. The second kappa shape index (κ2) is 5.09. The number of amides is 1. The molecule has 0 fully saturated rings. The third kappa shape index (κ3) is 3.18. The van der Waals surface area contributed by atoms with E-state index in [1.165, 1.54) is 12.1 Å². The Labute approximate surface area is 92.4 Å². The molecule has 1 unspecified atom stereocenters. The molecule has 0 radical (unpaired) electrons. The van der Waals surface area contributed by atoms with Gasteiger partial charge in [0, 0.05) is 17.1 Å². The van der Waals surface area contributed by atoms with E-state index >= 15 is 0 Å². The molecule has 1 amide bonds. The van der Waals surface area contributed by atoms with Crippen LogP contribution in [0.15, 0.2) is 18.2 Å². The lowest BCUT2D eigenvalue weighted by molar-refractivity contribution is -0.122. The van der Waals surface area contributed by atoms with Gasteiger partial charge in [0.2, 0.25) is 5.91 Å². The van der Waals surface area contributed by atoms with Crippen molar-refractivity contribution < 1.29 is 9.18 Å². The minimum Gasteiger partial charge on any atom is -0.351 e. The number of hydrogen-bond acceptors (Lipinski definition) is 2. The van der Waals surface area contributed by atoms with Crippen LogP contribution in [0.4, 0.5) is 4.39 Å². The van der Waals surface area contributed by atoms with Crippen molar-refractivity contribution in [3.63, 3.8) is 0 Å². The zero-order chi connectivity index (χ0) is 11.4. The summed E-state index contributed by atoms with van der Waals surface area (Å²) in [6.45, 7) is 1.60. The molecule has 0 spiro atoms. The summed E-state index contributed by atoms with van der Waals surface area (Å²) in [7, 11) is 0. The van der Waals surface area contributed by atoms with E-state index < -0.39 is 11.9 Å². The quantitative estimate of drug-likeness (QED) is 0.826. The molecule has 1 atom stereocenters. The molecule has 1 aromatic carbocycles.